The van der Waals surface area contributed by atoms with Crippen LogP contribution < -0.4 is 4.74 Å². The van der Waals surface area contributed by atoms with Crippen molar-refractivity contribution in [3.63, 3.8) is 0 Å². The summed E-state index contributed by atoms with van der Waals surface area (Å²) in [5, 5.41) is 11.0. The molecule has 0 unspecified atom stereocenters. The van der Waals surface area contributed by atoms with Crippen molar-refractivity contribution in [3.8, 4) is 11.2 Å². The molecule has 1 aromatic rings. The Morgan fingerprint density at radius 3 is 2.72 bits per heavy atom. The van der Waals surface area contributed by atoms with Crippen LogP contribution in [0.3, 0.4) is 0 Å². The third-order valence-corrected chi connectivity index (χ3v) is 2.84. The van der Waals surface area contributed by atoms with Crippen molar-refractivity contribution < 1.29 is 14.3 Å². The van der Waals surface area contributed by atoms with Crippen molar-refractivity contribution in [1.82, 2.24) is 0 Å². The molecule has 0 radical (unpaired) electrons. The molecule has 0 aromatic heterocycles. The molecule has 0 amide bonds. The van der Waals surface area contributed by atoms with Crippen LogP contribution in [0.4, 0.5) is 0 Å². The fraction of sp³-hybridized carbons (Fsp3) is 0.333. The first-order valence-corrected chi connectivity index (χ1v) is 6.54. The minimum atomic E-state index is -0.442. The summed E-state index contributed by atoms with van der Waals surface area (Å²) >= 11 is 6.77. The summed E-state index contributed by atoms with van der Waals surface area (Å²) in [7, 11) is 0. The van der Waals surface area contributed by atoms with Crippen molar-refractivity contribution in [1.29, 1.82) is 5.26 Å². The number of hydrogen-bond donors (Lipinski definition) is 0. The van der Waals surface area contributed by atoms with E-state index < -0.39 is 12.1 Å². The Bertz CT molecular complexity index is 430. The first-order chi connectivity index (χ1) is 8.61. The number of benzene rings is 1. The number of carbonyl (C=O) groups excluding carboxylic acids is 1. The van der Waals surface area contributed by atoms with Gasteiger partial charge >= 0.3 is 5.97 Å². The van der Waals surface area contributed by atoms with Gasteiger partial charge in [0.25, 0.3) is 0 Å². The molecule has 0 spiro atoms. The largest absolute Gasteiger partial charge is 0.490 e. The Kier molecular flexibility index (Phi) is 6.40. The van der Waals surface area contributed by atoms with Gasteiger partial charge in [-0.05, 0) is 36.0 Å². The first kappa shape index (κ1) is 14.7. The molecule has 0 bridgehead atoms. The van der Waals surface area contributed by atoms with Gasteiger partial charge in [0.2, 0.25) is 0 Å². The van der Waals surface area contributed by atoms with Crippen molar-refractivity contribution in [3.05, 3.63) is 29.3 Å². The zero-order chi connectivity index (χ0) is 13.4. The topological polar surface area (TPSA) is 59.3 Å². The molecule has 0 aliphatic carbocycles. The summed E-state index contributed by atoms with van der Waals surface area (Å²) in [4.78, 5) is 10.9. The predicted molar refractivity (Wildman–Crippen MR) is 70.6 cm³/mol. The summed E-state index contributed by atoms with van der Waals surface area (Å²) < 4.78 is 10.5. The summed E-state index contributed by atoms with van der Waals surface area (Å²) in [5.41, 5.74) is 0. The first-order valence-electron chi connectivity index (χ1n) is 5.18. The number of nitriles is 1. The van der Waals surface area contributed by atoms with Crippen molar-refractivity contribution in [2.24, 2.45) is 0 Å². The van der Waals surface area contributed by atoms with Crippen LogP contribution in [0.25, 0.3) is 0 Å². The SMILES string of the molecule is CC(=O)O[C@H](COc1ccc(Cl)cc1)CSC#N. The molecule has 0 heterocycles. The van der Waals surface area contributed by atoms with Crippen LogP contribution in [-0.4, -0.2) is 24.4 Å². The highest BCUT2D eigenvalue weighted by molar-refractivity contribution is 8.03. The molecule has 0 saturated heterocycles. The van der Waals surface area contributed by atoms with E-state index in [2.05, 4.69) is 0 Å². The fourth-order valence-electron chi connectivity index (χ4n) is 1.20. The Morgan fingerprint density at radius 1 is 1.50 bits per heavy atom. The van der Waals surface area contributed by atoms with Crippen LogP contribution in [0, 0.1) is 10.7 Å². The van der Waals surface area contributed by atoms with Gasteiger partial charge in [-0.1, -0.05) is 11.6 Å². The van der Waals surface area contributed by atoms with E-state index in [1.54, 1.807) is 24.3 Å². The van der Waals surface area contributed by atoms with Crippen LogP contribution in [0.1, 0.15) is 6.92 Å². The molecule has 1 aromatic carbocycles. The highest BCUT2D eigenvalue weighted by Gasteiger charge is 2.13. The lowest BCUT2D eigenvalue weighted by atomic mass is 10.3. The molecule has 0 aliphatic heterocycles. The quantitative estimate of drug-likeness (QED) is 0.594. The Morgan fingerprint density at radius 2 is 2.17 bits per heavy atom. The number of carbonyl (C=O) groups is 1. The molecular weight excluding hydrogens is 274 g/mol. The number of rotatable bonds is 6. The molecule has 0 aliphatic rings. The predicted octanol–water partition coefficient (Wildman–Crippen LogP) is 2.86. The van der Waals surface area contributed by atoms with Gasteiger partial charge in [-0.2, -0.15) is 5.26 Å². The second-order valence-electron chi connectivity index (χ2n) is 3.40. The summed E-state index contributed by atoms with van der Waals surface area (Å²) in [6.07, 6.45) is -0.442. The molecule has 6 heteroatoms. The van der Waals surface area contributed by atoms with Gasteiger partial charge in [0.15, 0.2) is 0 Å². The number of nitrogens with zero attached hydrogens (tertiary/aromatic N) is 1. The molecule has 0 saturated carbocycles. The minimum absolute atomic E-state index is 0.204. The second kappa shape index (κ2) is 7.85. The number of thioether (sulfide) groups is 1. The van der Waals surface area contributed by atoms with E-state index in [4.69, 9.17) is 26.3 Å². The average Bonchev–Trinajstić information content (AvgIpc) is 2.34. The highest BCUT2D eigenvalue weighted by Crippen LogP contribution is 2.16. The van der Waals surface area contributed by atoms with Crippen molar-refractivity contribution >= 4 is 29.3 Å². The molecule has 1 rings (SSSR count). The number of thiocyanates is 1. The maximum absolute atomic E-state index is 10.9. The zero-order valence-electron chi connectivity index (χ0n) is 9.76. The maximum atomic E-state index is 10.9. The van der Waals surface area contributed by atoms with Crippen LogP contribution >= 0.6 is 23.4 Å². The van der Waals surface area contributed by atoms with Crippen LogP contribution in [-0.2, 0) is 9.53 Å². The van der Waals surface area contributed by atoms with Crippen molar-refractivity contribution in [2.45, 2.75) is 13.0 Å². The monoisotopic (exact) mass is 285 g/mol. The number of hydrogen-bond acceptors (Lipinski definition) is 5. The number of halogens is 1. The molecule has 4 nitrogen and oxygen atoms in total. The summed E-state index contributed by atoms with van der Waals surface area (Å²) in [6, 6.07) is 6.87. The summed E-state index contributed by atoms with van der Waals surface area (Å²) in [5.74, 6) is 0.626. The van der Waals surface area contributed by atoms with E-state index in [0.717, 1.165) is 11.8 Å². The van der Waals surface area contributed by atoms with E-state index in [1.165, 1.54) is 6.92 Å². The zero-order valence-corrected chi connectivity index (χ0v) is 11.3. The molecule has 0 fully saturated rings. The Labute approximate surface area is 115 Å². The van der Waals surface area contributed by atoms with Gasteiger partial charge in [-0.3, -0.25) is 4.79 Å². The van der Waals surface area contributed by atoms with E-state index in [9.17, 15) is 4.79 Å². The molecular formula is C12H12ClNO3S. The average molecular weight is 286 g/mol. The van der Waals surface area contributed by atoms with Gasteiger partial charge in [-0.15, -0.1) is 0 Å². The minimum Gasteiger partial charge on any atom is -0.490 e. The third kappa shape index (κ3) is 5.80. The van der Waals surface area contributed by atoms with Crippen LogP contribution in [0.15, 0.2) is 24.3 Å². The Hall–Kier alpha value is -1.38. The van der Waals surface area contributed by atoms with E-state index in [1.807, 2.05) is 5.40 Å². The lowest BCUT2D eigenvalue weighted by Crippen LogP contribution is -2.26. The van der Waals surface area contributed by atoms with Crippen molar-refractivity contribution in [2.75, 3.05) is 12.4 Å². The number of ether oxygens (including phenoxy) is 2. The van der Waals surface area contributed by atoms with Gasteiger partial charge < -0.3 is 9.47 Å². The van der Waals surface area contributed by atoms with E-state index in [0.29, 0.717) is 16.5 Å². The maximum Gasteiger partial charge on any atom is 0.303 e. The van der Waals surface area contributed by atoms with Gasteiger partial charge in [-0.25, -0.2) is 0 Å². The van der Waals surface area contributed by atoms with Crippen LogP contribution in [0.5, 0.6) is 5.75 Å². The molecule has 1 atom stereocenters. The number of esters is 1. The van der Waals surface area contributed by atoms with Gasteiger partial charge in [0.05, 0.1) is 0 Å². The molecule has 18 heavy (non-hydrogen) atoms. The summed E-state index contributed by atoms with van der Waals surface area (Å²) in [6.45, 7) is 1.53. The second-order valence-corrected chi connectivity index (χ2v) is 4.64. The molecule has 96 valence electrons. The lowest BCUT2D eigenvalue weighted by molar-refractivity contribution is -0.146. The van der Waals surface area contributed by atoms with E-state index in [-0.39, 0.29) is 6.61 Å². The standard InChI is InChI=1S/C12H12ClNO3S/c1-9(15)17-12(7-18-8-14)6-16-11-4-2-10(13)3-5-11/h2-5,12H,6-7H2,1H3/t12-/m1/s1. The van der Waals surface area contributed by atoms with Crippen LogP contribution in [0.2, 0.25) is 5.02 Å². The van der Waals surface area contributed by atoms with E-state index >= 15 is 0 Å². The fourth-order valence-corrected chi connectivity index (χ4v) is 1.75. The normalized spacial score (nSPS) is 11.4. The molecule has 0 N–H and O–H groups in total. The Balaban J connectivity index is 2.47. The highest BCUT2D eigenvalue weighted by atomic mass is 35.5. The third-order valence-electron chi connectivity index (χ3n) is 1.92. The lowest BCUT2D eigenvalue weighted by Gasteiger charge is -2.16. The van der Waals surface area contributed by atoms with Gasteiger partial charge in [0.1, 0.15) is 23.9 Å². The van der Waals surface area contributed by atoms with Gasteiger partial charge in [0, 0.05) is 17.7 Å². The smallest absolute Gasteiger partial charge is 0.303 e.